The third-order valence-corrected chi connectivity index (χ3v) is 3.43. The van der Waals surface area contributed by atoms with Gasteiger partial charge in [-0.3, -0.25) is 14.3 Å². The predicted molar refractivity (Wildman–Crippen MR) is 75.8 cm³/mol. The van der Waals surface area contributed by atoms with Crippen LogP contribution in [-0.4, -0.2) is 30.8 Å². The average molecular weight is 280 g/mol. The van der Waals surface area contributed by atoms with Crippen LogP contribution in [0.4, 0.5) is 0 Å². The average Bonchev–Trinajstić information content (AvgIpc) is 2.85. The molecule has 2 aromatic rings. The molecule has 0 bridgehead atoms. The highest BCUT2D eigenvalue weighted by molar-refractivity contribution is 5.69. The SMILES string of the molecule is Cn1c(=O)[nH]c(=O)c2c1ncn2CCCCCCCO. The quantitative estimate of drug-likeness (QED) is 0.716. The summed E-state index contributed by atoms with van der Waals surface area (Å²) < 4.78 is 3.13. The molecule has 0 unspecified atom stereocenters. The van der Waals surface area contributed by atoms with Crippen molar-refractivity contribution < 1.29 is 5.11 Å². The van der Waals surface area contributed by atoms with E-state index in [2.05, 4.69) is 9.97 Å². The number of aliphatic hydroxyl groups excluding tert-OH is 1. The van der Waals surface area contributed by atoms with Crippen molar-refractivity contribution in [2.75, 3.05) is 6.61 Å². The number of nitrogens with one attached hydrogen (secondary N) is 1. The van der Waals surface area contributed by atoms with E-state index in [1.54, 1.807) is 17.9 Å². The molecule has 2 aromatic heterocycles. The summed E-state index contributed by atoms with van der Waals surface area (Å²) in [6.45, 7) is 0.951. The summed E-state index contributed by atoms with van der Waals surface area (Å²) in [4.78, 5) is 29.7. The van der Waals surface area contributed by atoms with Gasteiger partial charge in [0.05, 0.1) is 6.33 Å². The summed E-state index contributed by atoms with van der Waals surface area (Å²) in [5.74, 6) is 0. The Bertz CT molecular complexity index is 683. The van der Waals surface area contributed by atoms with Gasteiger partial charge in [0, 0.05) is 20.2 Å². The van der Waals surface area contributed by atoms with E-state index in [0.29, 0.717) is 17.7 Å². The Hall–Kier alpha value is -1.89. The molecule has 0 aliphatic carbocycles. The Morgan fingerprint density at radius 1 is 1.20 bits per heavy atom. The molecule has 2 rings (SSSR count). The Balaban J connectivity index is 2.07. The van der Waals surface area contributed by atoms with Crippen LogP contribution in [-0.2, 0) is 13.6 Å². The molecule has 0 saturated carbocycles. The van der Waals surface area contributed by atoms with Crippen molar-refractivity contribution in [2.45, 2.75) is 38.6 Å². The largest absolute Gasteiger partial charge is 0.396 e. The van der Waals surface area contributed by atoms with Crippen LogP contribution in [0, 0.1) is 0 Å². The van der Waals surface area contributed by atoms with Gasteiger partial charge in [-0.25, -0.2) is 9.78 Å². The van der Waals surface area contributed by atoms with E-state index in [0.717, 1.165) is 32.1 Å². The number of unbranched alkanes of at least 4 members (excludes halogenated alkanes) is 4. The van der Waals surface area contributed by atoms with Crippen LogP contribution in [0.1, 0.15) is 32.1 Å². The third-order valence-electron chi connectivity index (χ3n) is 3.43. The van der Waals surface area contributed by atoms with E-state index in [1.165, 1.54) is 4.57 Å². The Labute approximate surface area is 115 Å². The minimum Gasteiger partial charge on any atom is -0.396 e. The van der Waals surface area contributed by atoms with Gasteiger partial charge < -0.3 is 9.67 Å². The molecular formula is C13H20N4O3. The van der Waals surface area contributed by atoms with Crippen molar-refractivity contribution in [1.29, 1.82) is 0 Å². The van der Waals surface area contributed by atoms with E-state index < -0.39 is 5.69 Å². The maximum Gasteiger partial charge on any atom is 0.329 e. The Kier molecular flexibility index (Phi) is 4.73. The predicted octanol–water partition coefficient (Wildman–Crippen LogP) is 0.366. The van der Waals surface area contributed by atoms with Gasteiger partial charge in [-0.2, -0.15) is 0 Å². The van der Waals surface area contributed by atoms with Gasteiger partial charge in [0.15, 0.2) is 11.2 Å². The molecule has 0 fully saturated rings. The van der Waals surface area contributed by atoms with Crippen LogP contribution in [0.25, 0.3) is 11.2 Å². The minimum atomic E-state index is -0.447. The topological polar surface area (TPSA) is 92.9 Å². The van der Waals surface area contributed by atoms with E-state index in [4.69, 9.17) is 5.11 Å². The zero-order valence-electron chi connectivity index (χ0n) is 11.6. The molecule has 0 aliphatic rings. The highest BCUT2D eigenvalue weighted by Gasteiger charge is 2.10. The lowest BCUT2D eigenvalue weighted by molar-refractivity contribution is 0.282. The fraction of sp³-hybridized carbons (Fsp3) is 0.615. The molecular weight excluding hydrogens is 260 g/mol. The van der Waals surface area contributed by atoms with Gasteiger partial charge >= 0.3 is 5.69 Å². The number of aliphatic hydroxyl groups is 1. The van der Waals surface area contributed by atoms with Crippen LogP contribution in [0.2, 0.25) is 0 Å². The van der Waals surface area contributed by atoms with Crippen LogP contribution >= 0.6 is 0 Å². The molecule has 2 heterocycles. The van der Waals surface area contributed by atoms with Gasteiger partial charge in [0.1, 0.15) is 0 Å². The van der Waals surface area contributed by atoms with Crippen LogP contribution in [0.5, 0.6) is 0 Å². The number of hydrogen-bond acceptors (Lipinski definition) is 4. The lowest BCUT2D eigenvalue weighted by Crippen LogP contribution is -2.29. The molecule has 0 atom stereocenters. The number of imidazole rings is 1. The Morgan fingerprint density at radius 2 is 1.90 bits per heavy atom. The first-order valence-electron chi connectivity index (χ1n) is 6.90. The lowest BCUT2D eigenvalue weighted by Gasteiger charge is -2.04. The second kappa shape index (κ2) is 6.51. The minimum absolute atomic E-state index is 0.246. The van der Waals surface area contributed by atoms with E-state index in [9.17, 15) is 9.59 Å². The first-order valence-corrected chi connectivity index (χ1v) is 6.90. The van der Waals surface area contributed by atoms with Crippen LogP contribution < -0.4 is 11.2 Å². The van der Waals surface area contributed by atoms with Crippen LogP contribution in [0.3, 0.4) is 0 Å². The van der Waals surface area contributed by atoms with E-state index >= 15 is 0 Å². The van der Waals surface area contributed by atoms with Crippen molar-refractivity contribution >= 4 is 11.2 Å². The highest BCUT2D eigenvalue weighted by atomic mass is 16.3. The molecule has 0 saturated heterocycles. The van der Waals surface area contributed by atoms with Crippen molar-refractivity contribution in [3.05, 3.63) is 27.2 Å². The number of aromatic nitrogens is 4. The van der Waals surface area contributed by atoms with Gasteiger partial charge in [-0.05, 0) is 12.8 Å². The van der Waals surface area contributed by atoms with Gasteiger partial charge in [-0.15, -0.1) is 0 Å². The molecule has 0 radical (unpaired) electrons. The summed E-state index contributed by atoms with van der Waals surface area (Å²) in [5, 5.41) is 8.69. The summed E-state index contributed by atoms with van der Waals surface area (Å²) in [6, 6.07) is 0. The highest BCUT2D eigenvalue weighted by Crippen LogP contribution is 2.08. The maximum absolute atomic E-state index is 11.9. The van der Waals surface area contributed by atoms with Gasteiger partial charge in [0.2, 0.25) is 0 Å². The van der Waals surface area contributed by atoms with E-state index in [1.807, 2.05) is 0 Å². The van der Waals surface area contributed by atoms with Gasteiger partial charge in [0.25, 0.3) is 5.56 Å². The maximum atomic E-state index is 11.9. The summed E-state index contributed by atoms with van der Waals surface area (Å²) in [6.07, 6.45) is 6.53. The second-order valence-corrected chi connectivity index (χ2v) is 4.92. The third kappa shape index (κ3) is 2.98. The molecule has 0 aromatic carbocycles. The van der Waals surface area contributed by atoms with Gasteiger partial charge in [-0.1, -0.05) is 19.3 Å². The van der Waals surface area contributed by atoms with Crippen molar-refractivity contribution in [2.24, 2.45) is 7.05 Å². The molecule has 2 N–H and O–H groups in total. The summed E-state index contributed by atoms with van der Waals surface area (Å²) in [5.41, 5.74) is 0.0270. The number of nitrogens with zero attached hydrogens (tertiary/aromatic N) is 3. The second-order valence-electron chi connectivity index (χ2n) is 4.92. The molecule has 0 aliphatic heterocycles. The number of H-pyrrole nitrogens is 1. The fourth-order valence-electron chi connectivity index (χ4n) is 2.28. The zero-order chi connectivity index (χ0) is 14.5. The fourth-order valence-corrected chi connectivity index (χ4v) is 2.28. The molecule has 110 valence electrons. The molecule has 7 heteroatoms. The first-order chi connectivity index (χ1) is 9.65. The molecule has 0 spiro atoms. The molecule has 0 amide bonds. The summed E-state index contributed by atoms with van der Waals surface area (Å²) in [7, 11) is 1.59. The molecule has 20 heavy (non-hydrogen) atoms. The van der Waals surface area contributed by atoms with Crippen molar-refractivity contribution in [3.63, 3.8) is 0 Å². The Morgan fingerprint density at radius 3 is 2.65 bits per heavy atom. The summed E-state index contributed by atoms with van der Waals surface area (Å²) >= 11 is 0. The smallest absolute Gasteiger partial charge is 0.329 e. The zero-order valence-corrected chi connectivity index (χ0v) is 11.6. The lowest BCUT2D eigenvalue weighted by atomic mass is 10.1. The number of aromatic amines is 1. The number of aryl methyl sites for hydroxylation is 2. The first kappa shape index (κ1) is 14.5. The number of hydrogen-bond donors (Lipinski definition) is 2. The van der Waals surface area contributed by atoms with Crippen molar-refractivity contribution in [1.82, 2.24) is 19.1 Å². The van der Waals surface area contributed by atoms with Crippen molar-refractivity contribution in [3.8, 4) is 0 Å². The standard InChI is InChI=1S/C13H20N4O3/c1-16-11-10(12(19)15-13(16)20)17(9-14-11)7-5-3-2-4-6-8-18/h9,18H,2-8H2,1H3,(H,15,19,20). The van der Waals surface area contributed by atoms with Crippen LogP contribution in [0.15, 0.2) is 15.9 Å². The number of rotatable bonds is 7. The number of fused-ring (bicyclic) bond motifs is 1. The monoisotopic (exact) mass is 280 g/mol. The normalized spacial score (nSPS) is 11.3. The van der Waals surface area contributed by atoms with E-state index in [-0.39, 0.29) is 12.2 Å². The molecule has 7 nitrogen and oxygen atoms in total.